The van der Waals surface area contributed by atoms with Crippen LogP contribution in [-0.4, -0.2) is 23.3 Å². The minimum Gasteiger partial charge on any atom is -0.466 e. The average Bonchev–Trinajstić information content (AvgIpc) is 2.23. The Balaban J connectivity index is 2.89. The average molecular weight is 300 g/mol. The highest BCUT2D eigenvalue weighted by molar-refractivity contribution is 9.10. The SMILES string of the molecule is CCOC(=O)CC(=O)c1nc(C)c(C)cc1Br. The van der Waals surface area contributed by atoms with Gasteiger partial charge in [-0.15, -0.1) is 0 Å². The van der Waals surface area contributed by atoms with Crippen LogP contribution >= 0.6 is 15.9 Å². The molecule has 0 unspecified atom stereocenters. The van der Waals surface area contributed by atoms with Crippen LogP contribution in [0, 0.1) is 13.8 Å². The Hall–Kier alpha value is -1.23. The molecule has 0 aliphatic heterocycles. The van der Waals surface area contributed by atoms with Crippen molar-refractivity contribution in [2.45, 2.75) is 27.2 Å². The molecule has 0 amide bonds. The Bertz CT molecular complexity index is 457. The van der Waals surface area contributed by atoms with Crippen molar-refractivity contribution in [3.63, 3.8) is 0 Å². The van der Waals surface area contributed by atoms with E-state index in [1.807, 2.05) is 19.9 Å². The van der Waals surface area contributed by atoms with E-state index in [0.717, 1.165) is 11.3 Å². The van der Waals surface area contributed by atoms with E-state index in [1.165, 1.54) is 0 Å². The van der Waals surface area contributed by atoms with Gasteiger partial charge in [-0.25, -0.2) is 4.98 Å². The summed E-state index contributed by atoms with van der Waals surface area (Å²) in [6.45, 7) is 5.70. The third kappa shape index (κ3) is 3.63. The van der Waals surface area contributed by atoms with Crippen LogP contribution in [0.5, 0.6) is 0 Å². The Morgan fingerprint density at radius 2 is 2.06 bits per heavy atom. The van der Waals surface area contributed by atoms with Gasteiger partial charge >= 0.3 is 5.97 Å². The van der Waals surface area contributed by atoms with Gasteiger partial charge in [0.15, 0.2) is 5.78 Å². The van der Waals surface area contributed by atoms with Crippen molar-refractivity contribution in [3.8, 4) is 0 Å². The topological polar surface area (TPSA) is 56.3 Å². The molecule has 4 nitrogen and oxygen atoms in total. The monoisotopic (exact) mass is 299 g/mol. The molecule has 1 heterocycles. The molecule has 0 spiro atoms. The minimum absolute atomic E-state index is 0.271. The zero-order chi connectivity index (χ0) is 13.0. The maximum Gasteiger partial charge on any atom is 0.313 e. The summed E-state index contributed by atoms with van der Waals surface area (Å²) in [5.74, 6) is -0.858. The van der Waals surface area contributed by atoms with Gasteiger partial charge in [0.05, 0.1) is 6.61 Å². The molecule has 0 saturated carbocycles. The number of rotatable bonds is 4. The second kappa shape index (κ2) is 5.91. The molecule has 17 heavy (non-hydrogen) atoms. The molecule has 0 N–H and O–H groups in total. The number of aryl methyl sites for hydroxylation is 2. The third-order valence-electron chi connectivity index (χ3n) is 2.29. The van der Waals surface area contributed by atoms with E-state index in [4.69, 9.17) is 4.74 Å². The third-order valence-corrected chi connectivity index (χ3v) is 2.90. The van der Waals surface area contributed by atoms with Crippen LogP contribution in [0.3, 0.4) is 0 Å². The molecule has 92 valence electrons. The quantitative estimate of drug-likeness (QED) is 0.487. The van der Waals surface area contributed by atoms with Crippen molar-refractivity contribution in [1.82, 2.24) is 4.98 Å². The number of carbonyl (C=O) groups is 2. The van der Waals surface area contributed by atoms with Gasteiger partial charge in [-0.05, 0) is 48.3 Å². The van der Waals surface area contributed by atoms with E-state index in [0.29, 0.717) is 4.47 Å². The van der Waals surface area contributed by atoms with E-state index >= 15 is 0 Å². The Morgan fingerprint density at radius 3 is 2.65 bits per heavy atom. The van der Waals surface area contributed by atoms with Crippen LogP contribution in [-0.2, 0) is 9.53 Å². The lowest BCUT2D eigenvalue weighted by atomic mass is 10.1. The van der Waals surface area contributed by atoms with Gasteiger partial charge in [-0.1, -0.05) is 0 Å². The molecule has 0 saturated heterocycles. The van der Waals surface area contributed by atoms with Gasteiger partial charge in [0.2, 0.25) is 0 Å². The summed E-state index contributed by atoms with van der Waals surface area (Å²) >= 11 is 3.28. The zero-order valence-electron chi connectivity index (χ0n) is 10.0. The summed E-state index contributed by atoms with van der Waals surface area (Å²) < 4.78 is 5.33. The highest BCUT2D eigenvalue weighted by atomic mass is 79.9. The van der Waals surface area contributed by atoms with E-state index in [-0.39, 0.29) is 24.5 Å². The Labute approximate surface area is 109 Å². The molecule has 0 aliphatic carbocycles. The standard InChI is InChI=1S/C12H14BrNO3/c1-4-17-11(16)6-10(15)12-9(13)5-7(2)8(3)14-12/h5H,4,6H2,1-3H3. The molecule has 0 atom stereocenters. The van der Waals surface area contributed by atoms with Gasteiger partial charge < -0.3 is 4.74 Å². The molecule has 1 aromatic heterocycles. The second-order valence-electron chi connectivity index (χ2n) is 3.63. The molecule has 1 aromatic rings. The van der Waals surface area contributed by atoms with Gasteiger partial charge in [0.1, 0.15) is 12.1 Å². The lowest BCUT2D eigenvalue weighted by molar-refractivity contribution is -0.141. The number of esters is 1. The van der Waals surface area contributed by atoms with Crippen molar-refractivity contribution in [2.75, 3.05) is 6.61 Å². The number of nitrogens with zero attached hydrogens (tertiary/aromatic N) is 1. The van der Waals surface area contributed by atoms with E-state index in [1.54, 1.807) is 6.92 Å². The van der Waals surface area contributed by atoms with Crippen molar-refractivity contribution in [3.05, 3.63) is 27.5 Å². The van der Waals surface area contributed by atoms with Crippen LogP contribution in [0.15, 0.2) is 10.5 Å². The van der Waals surface area contributed by atoms with Gasteiger partial charge in [0.25, 0.3) is 0 Å². The van der Waals surface area contributed by atoms with Crippen LogP contribution in [0.25, 0.3) is 0 Å². The van der Waals surface area contributed by atoms with Crippen molar-refractivity contribution < 1.29 is 14.3 Å². The highest BCUT2D eigenvalue weighted by Gasteiger charge is 2.17. The normalized spacial score (nSPS) is 10.1. The van der Waals surface area contributed by atoms with Gasteiger partial charge in [-0.3, -0.25) is 9.59 Å². The summed E-state index contributed by atoms with van der Waals surface area (Å²) in [6, 6.07) is 1.82. The predicted molar refractivity (Wildman–Crippen MR) is 67.0 cm³/mol. The first-order valence-electron chi connectivity index (χ1n) is 5.28. The Morgan fingerprint density at radius 1 is 1.41 bits per heavy atom. The molecule has 5 heteroatoms. The largest absolute Gasteiger partial charge is 0.466 e. The first-order chi connectivity index (χ1) is 7.95. The number of ketones is 1. The minimum atomic E-state index is -0.524. The molecular weight excluding hydrogens is 286 g/mol. The number of halogens is 1. The summed E-state index contributed by atoms with van der Waals surface area (Å²) in [7, 11) is 0. The Kier molecular flexibility index (Phi) is 4.81. The number of hydrogen-bond donors (Lipinski definition) is 0. The number of Topliss-reactive ketones (excluding diaryl/α,β-unsaturated/α-hetero) is 1. The number of aromatic nitrogens is 1. The van der Waals surface area contributed by atoms with Crippen LogP contribution in [0.2, 0.25) is 0 Å². The van der Waals surface area contributed by atoms with E-state index in [2.05, 4.69) is 20.9 Å². The lowest BCUT2D eigenvalue weighted by Crippen LogP contribution is -2.13. The zero-order valence-corrected chi connectivity index (χ0v) is 11.6. The predicted octanol–water partition coefficient (Wildman–Crippen LogP) is 2.60. The fraction of sp³-hybridized carbons (Fsp3) is 0.417. The van der Waals surface area contributed by atoms with E-state index in [9.17, 15) is 9.59 Å². The fourth-order valence-corrected chi connectivity index (χ4v) is 1.95. The summed E-state index contributed by atoms with van der Waals surface area (Å²) in [5, 5.41) is 0. The van der Waals surface area contributed by atoms with Gasteiger partial charge in [0, 0.05) is 10.2 Å². The number of ether oxygens (including phenoxy) is 1. The molecular formula is C12H14BrNO3. The smallest absolute Gasteiger partial charge is 0.313 e. The van der Waals surface area contributed by atoms with Gasteiger partial charge in [-0.2, -0.15) is 0 Å². The fourth-order valence-electron chi connectivity index (χ4n) is 1.29. The molecule has 0 bridgehead atoms. The molecule has 0 aromatic carbocycles. The van der Waals surface area contributed by atoms with Crippen LogP contribution < -0.4 is 0 Å². The first-order valence-corrected chi connectivity index (χ1v) is 6.07. The highest BCUT2D eigenvalue weighted by Crippen LogP contribution is 2.19. The van der Waals surface area contributed by atoms with Crippen LogP contribution in [0.1, 0.15) is 35.1 Å². The molecule has 0 radical (unpaired) electrons. The summed E-state index contributed by atoms with van der Waals surface area (Å²) in [5.41, 5.74) is 2.05. The van der Waals surface area contributed by atoms with Crippen molar-refractivity contribution in [1.29, 1.82) is 0 Å². The number of hydrogen-bond acceptors (Lipinski definition) is 4. The summed E-state index contributed by atoms with van der Waals surface area (Å²) in [4.78, 5) is 27.2. The number of carbonyl (C=O) groups excluding carboxylic acids is 2. The van der Waals surface area contributed by atoms with E-state index < -0.39 is 5.97 Å². The molecule has 0 fully saturated rings. The second-order valence-corrected chi connectivity index (χ2v) is 4.48. The maximum absolute atomic E-state index is 11.8. The first kappa shape index (κ1) is 13.8. The maximum atomic E-state index is 11.8. The van der Waals surface area contributed by atoms with Crippen molar-refractivity contribution >= 4 is 27.7 Å². The molecule has 0 aliphatic rings. The molecule has 1 rings (SSSR count). The van der Waals surface area contributed by atoms with Crippen molar-refractivity contribution in [2.24, 2.45) is 0 Å². The number of pyridine rings is 1. The lowest BCUT2D eigenvalue weighted by Gasteiger charge is -2.06. The summed E-state index contributed by atoms with van der Waals surface area (Å²) in [6.07, 6.45) is -0.276. The van der Waals surface area contributed by atoms with Crippen LogP contribution in [0.4, 0.5) is 0 Å².